The standard InChI is InChI=1S/C14H17ClFN3/c1-2-5-17-13(14-18-6-7-19-14)9-10-3-4-11(15)12(16)8-10/h3-4,6-8,13,17H,2,5,9H2,1H3,(H,18,19). The van der Waals surface area contributed by atoms with Crippen molar-refractivity contribution in [2.24, 2.45) is 0 Å². The lowest BCUT2D eigenvalue weighted by molar-refractivity contribution is 0.507. The molecule has 0 saturated heterocycles. The quantitative estimate of drug-likeness (QED) is 0.851. The molecule has 0 radical (unpaired) electrons. The average molecular weight is 282 g/mol. The number of hydrogen-bond acceptors (Lipinski definition) is 2. The smallest absolute Gasteiger partial charge is 0.142 e. The molecule has 0 fully saturated rings. The van der Waals surface area contributed by atoms with Gasteiger partial charge >= 0.3 is 0 Å². The van der Waals surface area contributed by atoms with Gasteiger partial charge in [0.05, 0.1) is 11.1 Å². The minimum atomic E-state index is -0.382. The summed E-state index contributed by atoms with van der Waals surface area (Å²) in [4.78, 5) is 7.37. The van der Waals surface area contributed by atoms with Crippen LogP contribution in [0.2, 0.25) is 5.02 Å². The van der Waals surface area contributed by atoms with Crippen LogP contribution < -0.4 is 5.32 Å². The predicted molar refractivity (Wildman–Crippen MR) is 74.7 cm³/mol. The van der Waals surface area contributed by atoms with E-state index >= 15 is 0 Å². The molecule has 2 aromatic rings. The van der Waals surface area contributed by atoms with Gasteiger partial charge in [-0.15, -0.1) is 0 Å². The summed E-state index contributed by atoms with van der Waals surface area (Å²) in [6.07, 6.45) is 5.21. The molecule has 0 aliphatic carbocycles. The highest BCUT2D eigenvalue weighted by molar-refractivity contribution is 6.30. The van der Waals surface area contributed by atoms with Gasteiger partial charge in [0.1, 0.15) is 11.6 Å². The first-order valence-electron chi connectivity index (χ1n) is 6.37. The Kier molecular flexibility index (Phi) is 4.93. The van der Waals surface area contributed by atoms with Crippen LogP contribution in [0.25, 0.3) is 0 Å². The Bertz CT molecular complexity index is 513. The van der Waals surface area contributed by atoms with Gasteiger partial charge in [0, 0.05) is 12.4 Å². The number of H-pyrrole nitrogens is 1. The van der Waals surface area contributed by atoms with Crippen LogP contribution >= 0.6 is 11.6 Å². The van der Waals surface area contributed by atoms with E-state index in [4.69, 9.17) is 11.6 Å². The molecule has 2 N–H and O–H groups in total. The summed E-state index contributed by atoms with van der Waals surface area (Å²) in [5.74, 6) is 0.483. The molecular formula is C14H17ClFN3. The number of nitrogens with zero attached hydrogens (tertiary/aromatic N) is 1. The zero-order chi connectivity index (χ0) is 13.7. The van der Waals surface area contributed by atoms with E-state index in [0.29, 0.717) is 6.42 Å². The Hall–Kier alpha value is -1.39. The second-order valence-electron chi connectivity index (χ2n) is 4.43. The summed E-state index contributed by atoms with van der Waals surface area (Å²) in [5, 5.41) is 3.56. The van der Waals surface area contributed by atoms with Crippen LogP contribution in [0.4, 0.5) is 4.39 Å². The van der Waals surface area contributed by atoms with E-state index in [2.05, 4.69) is 22.2 Å². The van der Waals surface area contributed by atoms with Gasteiger partial charge in [-0.3, -0.25) is 0 Å². The van der Waals surface area contributed by atoms with Crippen molar-refractivity contribution < 1.29 is 4.39 Å². The fraction of sp³-hybridized carbons (Fsp3) is 0.357. The Balaban J connectivity index is 2.13. The molecule has 0 saturated carbocycles. The number of nitrogens with one attached hydrogen (secondary N) is 2. The molecule has 1 aromatic carbocycles. The number of aromatic nitrogens is 2. The number of aromatic amines is 1. The van der Waals surface area contributed by atoms with Gasteiger partial charge in [-0.05, 0) is 37.1 Å². The molecule has 1 heterocycles. The lowest BCUT2D eigenvalue weighted by Crippen LogP contribution is -2.25. The maximum atomic E-state index is 13.4. The summed E-state index contributed by atoms with van der Waals surface area (Å²) < 4.78 is 13.4. The highest BCUT2D eigenvalue weighted by Gasteiger charge is 2.14. The molecule has 0 aliphatic rings. The zero-order valence-corrected chi connectivity index (χ0v) is 11.5. The third kappa shape index (κ3) is 3.78. The van der Waals surface area contributed by atoms with E-state index in [1.165, 1.54) is 6.07 Å². The highest BCUT2D eigenvalue weighted by atomic mass is 35.5. The summed E-state index contributed by atoms with van der Waals surface area (Å²) in [6, 6.07) is 4.96. The molecular weight excluding hydrogens is 265 g/mol. The number of imidazole rings is 1. The Labute approximate surface area is 117 Å². The van der Waals surface area contributed by atoms with Crippen LogP contribution in [0.1, 0.15) is 30.8 Å². The molecule has 1 atom stereocenters. The van der Waals surface area contributed by atoms with Crippen LogP contribution in [0.3, 0.4) is 0 Å². The molecule has 1 unspecified atom stereocenters. The van der Waals surface area contributed by atoms with Crippen LogP contribution in [0, 0.1) is 5.82 Å². The topological polar surface area (TPSA) is 40.7 Å². The van der Waals surface area contributed by atoms with Gasteiger partial charge in [0.25, 0.3) is 0 Å². The van der Waals surface area contributed by atoms with E-state index in [0.717, 1.165) is 24.4 Å². The van der Waals surface area contributed by atoms with Gasteiger partial charge in [0.2, 0.25) is 0 Å². The normalized spacial score (nSPS) is 12.6. The molecule has 5 heteroatoms. The van der Waals surface area contributed by atoms with Crippen molar-refractivity contribution in [2.45, 2.75) is 25.8 Å². The number of benzene rings is 1. The van der Waals surface area contributed by atoms with Crippen molar-refractivity contribution in [1.82, 2.24) is 15.3 Å². The van der Waals surface area contributed by atoms with Crippen LogP contribution in [0.5, 0.6) is 0 Å². The first kappa shape index (κ1) is 14.0. The van der Waals surface area contributed by atoms with E-state index < -0.39 is 0 Å². The van der Waals surface area contributed by atoms with E-state index in [1.54, 1.807) is 18.5 Å². The molecule has 0 spiro atoms. The summed E-state index contributed by atoms with van der Waals surface area (Å²) in [7, 11) is 0. The molecule has 0 amide bonds. The maximum Gasteiger partial charge on any atom is 0.142 e. The van der Waals surface area contributed by atoms with Crippen molar-refractivity contribution in [3.63, 3.8) is 0 Å². The first-order valence-corrected chi connectivity index (χ1v) is 6.75. The van der Waals surface area contributed by atoms with Crippen molar-refractivity contribution in [3.05, 3.63) is 52.8 Å². The van der Waals surface area contributed by atoms with Crippen LogP contribution in [-0.4, -0.2) is 16.5 Å². The van der Waals surface area contributed by atoms with E-state index in [1.807, 2.05) is 6.07 Å². The van der Waals surface area contributed by atoms with E-state index in [9.17, 15) is 4.39 Å². The first-order chi connectivity index (χ1) is 9.20. The predicted octanol–water partition coefficient (Wildman–Crippen LogP) is 3.49. The van der Waals surface area contributed by atoms with Gasteiger partial charge in [-0.1, -0.05) is 24.6 Å². The third-order valence-electron chi connectivity index (χ3n) is 2.91. The lowest BCUT2D eigenvalue weighted by Gasteiger charge is -2.16. The number of rotatable bonds is 6. The molecule has 2 rings (SSSR count). The largest absolute Gasteiger partial charge is 0.347 e. The van der Waals surface area contributed by atoms with Crippen molar-refractivity contribution >= 4 is 11.6 Å². The lowest BCUT2D eigenvalue weighted by atomic mass is 10.1. The molecule has 0 aliphatic heterocycles. The molecule has 0 bridgehead atoms. The minimum Gasteiger partial charge on any atom is -0.347 e. The molecule has 1 aromatic heterocycles. The maximum absolute atomic E-state index is 13.4. The average Bonchev–Trinajstić information content (AvgIpc) is 2.92. The Morgan fingerprint density at radius 1 is 1.47 bits per heavy atom. The van der Waals surface area contributed by atoms with E-state index in [-0.39, 0.29) is 16.9 Å². The fourth-order valence-electron chi connectivity index (χ4n) is 1.95. The second-order valence-corrected chi connectivity index (χ2v) is 4.84. The number of halogens is 2. The Morgan fingerprint density at radius 2 is 2.32 bits per heavy atom. The van der Waals surface area contributed by atoms with Crippen molar-refractivity contribution in [3.8, 4) is 0 Å². The van der Waals surface area contributed by atoms with Gasteiger partial charge in [-0.25, -0.2) is 9.37 Å². The summed E-state index contributed by atoms with van der Waals surface area (Å²) in [5.41, 5.74) is 0.895. The monoisotopic (exact) mass is 281 g/mol. The third-order valence-corrected chi connectivity index (χ3v) is 3.22. The molecule has 3 nitrogen and oxygen atoms in total. The minimum absolute atomic E-state index is 0.0514. The summed E-state index contributed by atoms with van der Waals surface area (Å²) in [6.45, 7) is 3.00. The van der Waals surface area contributed by atoms with Crippen molar-refractivity contribution in [2.75, 3.05) is 6.54 Å². The SMILES string of the molecule is CCCNC(Cc1ccc(Cl)c(F)c1)c1ncc[nH]1. The van der Waals surface area contributed by atoms with Gasteiger partial charge in [0.15, 0.2) is 0 Å². The summed E-state index contributed by atoms with van der Waals surface area (Å²) >= 11 is 5.69. The van der Waals surface area contributed by atoms with Gasteiger partial charge in [-0.2, -0.15) is 0 Å². The second kappa shape index (κ2) is 6.68. The Morgan fingerprint density at radius 3 is 2.95 bits per heavy atom. The number of hydrogen-bond donors (Lipinski definition) is 2. The van der Waals surface area contributed by atoms with Gasteiger partial charge < -0.3 is 10.3 Å². The van der Waals surface area contributed by atoms with Crippen LogP contribution in [-0.2, 0) is 6.42 Å². The highest BCUT2D eigenvalue weighted by Crippen LogP contribution is 2.20. The zero-order valence-electron chi connectivity index (χ0n) is 10.8. The fourth-order valence-corrected chi connectivity index (χ4v) is 2.07. The van der Waals surface area contributed by atoms with Crippen LogP contribution in [0.15, 0.2) is 30.6 Å². The van der Waals surface area contributed by atoms with Crippen molar-refractivity contribution in [1.29, 1.82) is 0 Å². The molecule has 102 valence electrons. The molecule has 19 heavy (non-hydrogen) atoms.